The van der Waals surface area contributed by atoms with Crippen LogP contribution in [0.25, 0.3) is 0 Å². The molecular formula is C9H5ClF5N. The van der Waals surface area contributed by atoms with E-state index in [1.54, 1.807) is 0 Å². The monoisotopic (exact) mass is 257 g/mol. The summed E-state index contributed by atoms with van der Waals surface area (Å²) in [5.41, 5.74) is -0.0369. The molecule has 1 nitrogen and oxygen atoms in total. The van der Waals surface area contributed by atoms with Crippen LogP contribution >= 0.6 is 11.6 Å². The molecule has 0 aliphatic carbocycles. The van der Waals surface area contributed by atoms with Crippen molar-refractivity contribution in [3.63, 3.8) is 0 Å². The van der Waals surface area contributed by atoms with Gasteiger partial charge in [0.1, 0.15) is 5.69 Å². The lowest BCUT2D eigenvalue weighted by molar-refractivity contribution is 0.381. The van der Waals surface area contributed by atoms with Crippen molar-refractivity contribution >= 4 is 17.3 Å². The fourth-order valence-corrected chi connectivity index (χ4v) is 1.05. The minimum absolute atomic E-state index is 0.165. The first-order valence-corrected chi connectivity index (χ1v) is 4.44. The van der Waals surface area contributed by atoms with Crippen molar-refractivity contribution in [2.45, 2.75) is 0 Å². The van der Waals surface area contributed by atoms with Gasteiger partial charge in [0.05, 0.1) is 0 Å². The lowest BCUT2D eigenvalue weighted by Crippen LogP contribution is -2.09. The molecule has 1 aromatic carbocycles. The number of nitrogens with one attached hydrogen (secondary N) is 1. The van der Waals surface area contributed by atoms with Crippen molar-refractivity contribution in [3.05, 3.63) is 40.7 Å². The Morgan fingerprint density at radius 1 is 0.875 bits per heavy atom. The first kappa shape index (κ1) is 12.8. The van der Waals surface area contributed by atoms with Gasteiger partial charge in [-0.1, -0.05) is 17.7 Å². The Hall–Kier alpha value is -1.30. The molecule has 0 atom stereocenters. The summed E-state index contributed by atoms with van der Waals surface area (Å²) in [7, 11) is 0. The van der Waals surface area contributed by atoms with Crippen LogP contribution < -0.4 is 5.32 Å². The van der Waals surface area contributed by atoms with Gasteiger partial charge < -0.3 is 5.32 Å². The smallest absolute Gasteiger partial charge is 0.200 e. The van der Waals surface area contributed by atoms with Crippen LogP contribution in [0.3, 0.4) is 0 Å². The highest BCUT2D eigenvalue weighted by atomic mass is 35.5. The molecule has 0 aromatic heterocycles. The van der Waals surface area contributed by atoms with E-state index in [0.717, 1.165) is 5.54 Å². The predicted molar refractivity (Wildman–Crippen MR) is 49.7 cm³/mol. The Morgan fingerprint density at radius 2 is 1.31 bits per heavy atom. The molecule has 0 spiro atoms. The highest BCUT2D eigenvalue weighted by Gasteiger charge is 2.25. The standard InChI is InChI=1S/C9H5ClF5N/c10-2-1-3-16-9-7(14)5(12)4(11)6(13)8(9)15/h1-2,16H,3H2/b2-1+. The molecule has 0 saturated heterocycles. The number of hydrogen-bond acceptors (Lipinski definition) is 1. The summed E-state index contributed by atoms with van der Waals surface area (Å²) >= 11 is 5.12. The number of halogens is 6. The normalized spacial score (nSPS) is 11.1. The maximum Gasteiger partial charge on any atom is 0.200 e. The summed E-state index contributed by atoms with van der Waals surface area (Å²) in [5.74, 6) is -9.97. The summed E-state index contributed by atoms with van der Waals surface area (Å²) in [6, 6.07) is 0. The molecule has 1 rings (SSSR count). The topological polar surface area (TPSA) is 12.0 Å². The van der Waals surface area contributed by atoms with Gasteiger partial charge in [0, 0.05) is 12.1 Å². The summed E-state index contributed by atoms with van der Waals surface area (Å²) in [5, 5.41) is 2.02. The summed E-state index contributed by atoms with van der Waals surface area (Å²) < 4.78 is 63.9. The maximum absolute atomic E-state index is 13.0. The van der Waals surface area contributed by atoms with Gasteiger partial charge in [0.2, 0.25) is 5.82 Å². The Kier molecular flexibility index (Phi) is 4.12. The van der Waals surface area contributed by atoms with E-state index in [0.29, 0.717) is 0 Å². The van der Waals surface area contributed by atoms with Gasteiger partial charge in [0.15, 0.2) is 23.3 Å². The van der Waals surface area contributed by atoms with Crippen molar-refractivity contribution in [3.8, 4) is 0 Å². The van der Waals surface area contributed by atoms with Crippen LogP contribution in [0.2, 0.25) is 0 Å². The molecule has 88 valence electrons. The van der Waals surface area contributed by atoms with Gasteiger partial charge in [0.25, 0.3) is 0 Å². The molecule has 0 radical (unpaired) electrons. The van der Waals surface area contributed by atoms with E-state index >= 15 is 0 Å². The third kappa shape index (κ3) is 2.27. The fourth-order valence-electron chi connectivity index (χ4n) is 0.966. The second kappa shape index (κ2) is 5.16. The molecule has 0 heterocycles. The molecule has 0 aliphatic rings. The largest absolute Gasteiger partial charge is 0.377 e. The molecule has 0 fully saturated rings. The third-order valence-electron chi connectivity index (χ3n) is 1.70. The van der Waals surface area contributed by atoms with Crippen LogP contribution in [0.1, 0.15) is 0 Å². The first-order valence-electron chi connectivity index (χ1n) is 4.01. The van der Waals surface area contributed by atoms with Crippen LogP contribution in [0, 0.1) is 29.1 Å². The van der Waals surface area contributed by atoms with Crippen LogP contribution in [-0.2, 0) is 0 Å². The fraction of sp³-hybridized carbons (Fsp3) is 0.111. The van der Waals surface area contributed by atoms with Gasteiger partial charge in [-0.05, 0) is 0 Å². The Morgan fingerprint density at radius 3 is 1.75 bits per heavy atom. The number of hydrogen-bond donors (Lipinski definition) is 1. The van der Waals surface area contributed by atoms with Gasteiger partial charge in [-0.15, -0.1) is 0 Å². The number of anilines is 1. The zero-order valence-corrected chi connectivity index (χ0v) is 8.39. The summed E-state index contributed by atoms with van der Waals surface area (Å²) in [6.45, 7) is -0.165. The quantitative estimate of drug-likeness (QED) is 0.496. The SMILES string of the molecule is Fc1c(F)c(F)c(NC/C=C/Cl)c(F)c1F. The molecule has 1 N–H and O–H groups in total. The minimum Gasteiger partial charge on any atom is -0.377 e. The van der Waals surface area contributed by atoms with Crippen LogP contribution in [0.15, 0.2) is 11.6 Å². The average molecular weight is 258 g/mol. The van der Waals surface area contributed by atoms with Crippen LogP contribution in [0.4, 0.5) is 27.6 Å². The molecule has 0 aliphatic heterocycles. The Bertz CT molecular complexity index is 403. The highest BCUT2D eigenvalue weighted by molar-refractivity contribution is 6.25. The van der Waals surface area contributed by atoms with Crippen molar-refractivity contribution in [1.29, 1.82) is 0 Å². The van der Waals surface area contributed by atoms with Crippen molar-refractivity contribution in [1.82, 2.24) is 0 Å². The van der Waals surface area contributed by atoms with E-state index in [-0.39, 0.29) is 6.54 Å². The van der Waals surface area contributed by atoms with Crippen LogP contribution in [0.5, 0.6) is 0 Å². The van der Waals surface area contributed by atoms with Gasteiger partial charge in [-0.25, -0.2) is 22.0 Å². The number of benzene rings is 1. The second-order valence-electron chi connectivity index (χ2n) is 2.69. The molecule has 0 saturated carbocycles. The molecular weight excluding hydrogens is 253 g/mol. The van der Waals surface area contributed by atoms with Crippen molar-refractivity contribution in [2.75, 3.05) is 11.9 Å². The zero-order valence-electron chi connectivity index (χ0n) is 7.63. The number of rotatable bonds is 3. The first-order chi connectivity index (χ1) is 7.50. The van der Waals surface area contributed by atoms with Crippen LogP contribution in [-0.4, -0.2) is 6.54 Å². The maximum atomic E-state index is 13.0. The molecule has 0 bridgehead atoms. The van der Waals surface area contributed by atoms with Crippen molar-refractivity contribution < 1.29 is 22.0 Å². The summed E-state index contributed by atoms with van der Waals surface area (Å²) in [6.07, 6.45) is 1.24. The predicted octanol–water partition coefficient (Wildman–Crippen LogP) is 3.55. The average Bonchev–Trinajstić information content (AvgIpc) is 2.28. The third-order valence-corrected chi connectivity index (χ3v) is 1.87. The second-order valence-corrected chi connectivity index (χ2v) is 2.94. The van der Waals surface area contributed by atoms with Gasteiger partial charge in [-0.2, -0.15) is 0 Å². The summed E-state index contributed by atoms with van der Waals surface area (Å²) in [4.78, 5) is 0. The van der Waals surface area contributed by atoms with E-state index in [1.807, 2.05) is 5.32 Å². The van der Waals surface area contributed by atoms with E-state index in [9.17, 15) is 22.0 Å². The lowest BCUT2D eigenvalue weighted by atomic mass is 10.2. The molecule has 16 heavy (non-hydrogen) atoms. The molecule has 7 heteroatoms. The lowest BCUT2D eigenvalue weighted by Gasteiger charge is -2.08. The molecule has 0 unspecified atom stereocenters. The van der Waals surface area contributed by atoms with E-state index < -0.39 is 34.8 Å². The van der Waals surface area contributed by atoms with E-state index in [4.69, 9.17) is 11.6 Å². The zero-order chi connectivity index (χ0) is 12.3. The van der Waals surface area contributed by atoms with E-state index in [1.165, 1.54) is 6.08 Å². The van der Waals surface area contributed by atoms with E-state index in [2.05, 4.69) is 0 Å². The Labute approximate surface area is 92.5 Å². The Balaban J connectivity index is 3.18. The molecule has 1 aromatic rings. The van der Waals surface area contributed by atoms with Gasteiger partial charge in [-0.3, -0.25) is 0 Å². The highest BCUT2D eigenvalue weighted by Crippen LogP contribution is 2.26. The van der Waals surface area contributed by atoms with Crippen molar-refractivity contribution in [2.24, 2.45) is 0 Å². The van der Waals surface area contributed by atoms with Gasteiger partial charge >= 0.3 is 0 Å². The minimum atomic E-state index is -2.19. The molecule has 0 amide bonds.